The van der Waals surface area contributed by atoms with Crippen molar-refractivity contribution in [3.05, 3.63) is 42.4 Å². The van der Waals surface area contributed by atoms with Gasteiger partial charge >= 0.3 is 0 Å². The van der Waals surface area contributed by atoms with E-state index in [1.54, 1.807) is 6.26 Å². The van der Waals surface area contributed by atoms with Gasteiger partial charge in [-0.2, -0.15) is 0 Å². The van der Waals surface area contributed by atoms with Gasteiger partial charge in [-0.3, -0.25) is 0 Å². The van der Waals surface area contributed by atoms with Crippen LogP contribution in [0.4, 0.5) is 0 Å². The van der Waals surface area contributed by atoms with E-state index in [1.807, 2.05) is 30.3 Å². The highest BCUT2D eigenvalue weighted by Crippen LogP contribution is 2.17. The van der Waals surface area contributed by atoms with Crippen LogP contribution in [0.3, 0.4) is 0 Å². The molecule has 2 rings (SSSR count). The molecule has 1 saturated heterocycles. The summed E-state index contributed by atoms with van der Waals surface area (Å²) >= 11 is 0. The Bertz CT molecular complexity index is 282. The molecule has 1 aromatic carbocycles. The largest absolute Gasteiger partial charge is 0.495 e. The lowest BCUT2D eigenvalue weighted by Gasteiger charge is -2.00. The van der Waals surface area contributed by atoms with Crippen molar-refractivity contribution >= 4 is 0 Å². The highest BCUT2D eigenvalue weighted by molar-refractivity contribution is 5.22. The number of rotatable bonds is 2. The van der Waals surface area contributed by atoms with E-state index in [0.717, 1.165) is 31.0 Å². The maximum Gasteiger partial charge on any atom is 0.131 e. The predicted molar refractivity (Wildman–Crippen MR) is 50.3 cm³/mol. The van der Waals surface area contributed by atoms with Crippen LogP contribution in [0.2, 0.25) is 0 Å². The van der Waals surface area contributed by atoms with Crippen molar-refractivity contribution in [1.82, 2.24) is 0 Å². The van der Waals surface area contributed by atoms with Crippen LogP contribution in [0.15, 0.2) is 42.4 Å². The smallest absolute Gasteiger partial charge is 0.131 e. The first-order chi connectivity index (χ1) is 6.45. The number of benzene rings is 1. The molecule has 1 aromatic rings. The van der Waals surface area contributed by atoms with E-state index in [9.17, 15) is 0 Å². The van der Waals surface area contributed by atoms with Gasteiger partial charge in [0, 0.05) is 6.42 Å². The number of hydrogen-bond acceptors (Lipinski definition) is 2. The minimum absolute atomic E-state index is 0.823. The Morgan fingerprint density at radius 1 is 1.23 bits per heavy atom. The van der Waals surface area contributed by atoms with Crippen molar-refractivity contribution in [2.75, 3.05) is 6.61 Å². The maximum absolute atomic E-state index is 5.40. The minimum Gasteiger partial charge on any atom is -0.495 e. The molecule has 0 unspecified atom stereocenters. The summed E-state index contributed by atoms with van der Waals surface area (Å²) in [4.78, 5) is 0. The van der Waals surface area contributed by atoms with Crippen molar-refractivity contribution in [3.63, 3.8) is 0 Å². The molecule has 1 aliphatic heterocycles. The molecule has 1 heterocycles. The molecule has 0 radical (unpaired) electrons. The summed E-state index contributed by atoms with van der Waals surface area (Å²) in [6.45, 7) is 0.823. The number of allylic oxidation sites excluding steroid dienone is 1. The van der Waals surface area contributed by atoms with Gasteiger partial charge in [0.25, 0.3) is 0 Å². The fraction of sp³-hybridized carbons (Fsp3) is 0.273. The summed E-state index contributed by atoms with van der Waals surface area (Å²) in [5.41, 5.74) is 0. The third kappa shape index (κ3) is 2.25. The molecular weight excluding hydrogens is 164 g/mol. The van der Waals surface area contributed by atoms with E-state index in [1.165, 1.54) is 0 Å². The normalized spacial score (nSPS) is 18.6. The first-order valence-electron chi connectivity index (χ1n) is 4.49. The molecule has 13 heavy (non-hydrogen) atoms. The van der Waals surface area contributed by atoms with Crippen LogP contribution in [0.1, 0.15) is 12.8 Å². The molecule has 0 bridgehead atoms. The third-order valence-electron chi connectivity index (χ3n) is 1.92. The molecule has 1 aliphatic rings. The second-order valence-electron chi connectivity index (χ2n) is 2.97. The number of para-hydroxylation sites is 1. The Morgan fingerprint density at radius 2 is 2.08 bits per heavy atom. The highest BCUT2D eigenvalue weighted by atomic mass is 16.5. The van der Waals surface area contributed by atoms with Crippen LogP contribution >= 0.6 is 0 Å². The zero-order chi connectivity index (χ0) is 8.93. The Morgan fingerprint density at radius 3 is 2.77 bits per heavy atom. The van der Waals surface area contributed by atoms with E-state index in [-0.39, 0.29) is 0 Å². The Kier molecular flexibility index (Phi) is 2.51. The first-order valence-corrected chi connectivity index (χ1v) is 4.49. The lowest BCUT2D eigenvalue weighted by molar-refractivity contribution is 0.251. The van der Waals surface area contributed by atoms with Crippen LogP contribution in [0, 0.1) is 0 Å². The molecule has 1 fully saturated rings. The first kappa shape index (κ1) is 8.17. The summed E-state index contributed by atoms with van der Waals surface area (Å²) in [5, 5.41) is 0. The fourth-order valence-corrected chi connectivity index (χ4v) is 1.25. The van der Waals surface area contributed by atoms with Crippen molar-refractivity contribution in [2.24, 2.45) is 0 Å². The SMILES string of the molecule is C(Oc1ccccc1)=C1CCCO1. The number of ether oxygens (including phenoxy) is 2. The highest BCUT2D eigenvalue weighted by Gasteiger charge is 2.06. The molecule has 0 aliphatic carbocycles. The number of hydrogen-bond donors (Lipinski definition) is 0. The zero-order valence-corrected chi connectivity index (χ0v) is 7.40. The second kappa shape index (κ2) is 3.99. The van der Waals surface area contributed by atoms with Crippen molar-refractivity contribution in [3.8, 4) is 5.75 Å². The predicted octanol–water partition coefficient (Wildman–Crippen LogP) is 2.72. The summed E-state index contributed by atoms with van der Waals surface area (Å²) in [7, 11) is 0. The molecule has 2 heteroatoms. The molecular formula is C11H12O2. The topological polar surface area (TPSA) is 18.5 Å². The standard InChI is InChI=1S/C11H12O2/c1-2-5-10(6-3-1)13-9-11-7-4-8-12-11/h1-3,5-6,9H,4,7-8H2. The summed E-state index contributed by atoms with van der Waals surface area (Å²) < 4.78 is 10.7. The van der Waals surface area contributed by atoms with Crippen molar-refractivity contribution in [2.45, 2.75) is 12.8 Å². The van der Waals surface area contributed by atoms with Crippen LogP contribution in [0.5, 0.6) is 5.75 Å². The Hall–Kier alpha value is -1.44. The van der Waals surface area contributed by atoms with E-state index in [4.69, 9.17) is 9.47 Å². The molecule has 0 amide bonds. The summed E-state index contributed by atoms with van der Waals surface area (Å²) in [6, 6.07) is 9.71. The van der Waals surface area contributed by atoms with E-state index in [2.05, 4.69) is 0 Å². The van der Waals surface area contributed by atoms with Gasteiger partial charge in [0.05, 0.1) is 6.61 Å². The van der Waals surface area contributed by atoms with Gasteiger partial charge in [-0.05, 0) is 18.6 Å². The zero-order valence-electron chi connectivity index (χ0n) is 7.40. The van der Waals surface area contributed by atoms with Gasteiger partial charge in [-0.25, -0.2) is 0 Å². The molecule has 0 N–H and O–H groups in total. The average molecular weight is 176 g/mol. The van der Waals surface area contributed by atoms with Crippen molar-refractivity contribution in [1.29, 1.82) is 0 Å². The molecule has 0 spiro atoms. The van der Waals surface area contributed by atoms with Crippen LogP contribution in [-0.4, -0.2) is 6.61 Å². The van der Waals surface area contributed by atoms with Gasteiger partial charge < -0.3 is 9.47 Å². The lowest BCUT2D eigenvalue weighted by atomic mass is 10.3. The summed E-state index contributed by atoms with van der Waals surface area (Å²) in [5.74, 6) is 1.80. The molecule has 0 atom stereocenters. The molecule has 0 aromatic heterocycles. The van der Waals surface area contributed by atoms with Crippen molar-refractivity contribution < 1.29 is 9.47 Å². The van der Waals surface area contributed by atoms with Gasteiger partial charge in [0.15, 0.2) is 0 Å². The fourth-order valence-electron chi connectivity index (χ4n) is 1.25. The minimum atomic E-state index is 0.823. The van der Waals surface area contributed by atoms with Gasteiger partial charge in [-0.1, -0.05) is 18.2 Å². The van der Waals surface area contributed by atoms with Gasteiger partial charge in [0.2, 0.25) is 0 Å². The second-order valence-corrected chi connectivity index (χ2v) is 2.97. The maximum atomic E-state index is 5.40. The summed E-state index contributed by atoms with van der Waals surface area (Å²) in [6.07, 6.45) is 3.79. The lowest BCUT2D eigenvalue weighted by Crippen LogP contribution is -1.86. The molecule has 2 nitrogen and oxygen atoms in total. The Labute approximate surface area is 77.8 Å². The van der Waals surface area contributed by atoms with E-state index >= 15 is 0 Å². The van der Waals surface area contributed by atoms with Crippen LogP contribution < -0.4 is 4.74 Å². The van der Waals surface area contributed by atoms with Gasteiger partial charge in [-0.15, -0.1) is 0 Å². The van der Waals surface area contributed by atoms with Crippen LogP contribution in [-0.2, 0) is 4.74 Å². The average Bonchev–Trinajstić information content (AvgIpc) is 2.69. The van der Waals surface area contributed by atoms with E-state index in [0.29, 0.717) is 0 Å². The quantitative estimate of drug-likeness (QED) is 0.645. The van der Waals surface area contributed by atoms with Crippen LogP contribution in [0.25, 0.3) is 0 Å². The van der Waals surface area contributed by atoms with E-state index < -0.39 is 0 Å². The molecule has 68 valence electrons. The Balaban J connectivity index is 1.95. The van der Waals surface area contributed by atoms with Gasteiger partial charge in [0.1, 0.15) is 17.8 Å². The molecule has 0 saturated carbocycles. The third-order valence-corrected chi connectivity index (χ3v) is 1.92. The monoisotopic (exact) mass is 176 g/mol.